The maximum atomic E-state index is 11.7. The second-order valence-electron chi connectivity index (χ2n) is 5.75. The number of amides is 3. The van der Waals surface area contributed by atoms with Gasteiger partial charge in [-0.05, 0) is 27.2 Å². The van der Waals surface area contributed by atoms with E-state index < -0.39 is 11.7 Å². The fourth-order valence-corrected chi connectivity index (χ4v) is 1.81. The molecule has 0 aromatic carbocycles. The summed E-state index contributed by atoms with van der Waals surface area (Å²) in [6, 6.07) is -0.0489. The van der Waals surface area contributed by atoms with Crippen LogP contribution in [0.2, 0.25) is 0 Å². The molecule has 0 radical (unpaired) electrons. The summed E-state index contributed by atoms with van der Waals surface area (Å²) in [5, 5.41) is 2.79. The third-order valence-electron chi connectivity index (χ3n) is 2.56. The minimum atomic E-state index is -0.498. The molecular formula is C12H23N3O3. The first-order valence-electron chi connectivity index (χ1n) is 6.15. The second kappa shape index (κ2) is 5.46. The number of urea groups is 1. The maximum Gasteiger partial charge on any atom is 0.407 e. The first-order chi connectivity index (χ1) is 8.19. The van der Waals surface area contributed by atoms with E-state index in [0.717, 1.165) is 6.42 Å². The molecule has 1 heterocycles. The van der Waals surface area contributed by atoms with Gasteiger partial charge in [0.1, 0.15) is 5.60 Å². The molecule has 0 unspecified atom stereocenters. The maximum absolute atomic E-state index is 11.7. The number of likely N-dealkylation sites (tertiary alicyclic amines) is 1. The molecule has 1 aliphatic rings. The van der Waals surface area contributed by atoms with Crippen LogP contribution >= 0.6 is 0 Å². The van der Waals surface area contributed by atoms with Crippen LogP contribution in [0.4, 0.5) is 9.59 Å². The van der Waals surface area contributed by atoms with Gasteiger partial charge in [-0.15, -0.1) is 0 Å². The fourth-order valence-electron chi connectivity index (χ4n) is 1.81. The molecule has 0 spiro atoms. The van der Waals surface area contributed by atoms with Gasteiger partial charge in [-0.3, -0.25) is 0 Å². The molecule has 1 N–H and O–H groups in total. The minimum absolute atomic E-state index is 0.0243. The average molecular weight is 257 g/mol. The summed E-state index contributed by atoms with van der Waals surface area (Å²) in [7, 11) is 3.44. The van der Waals surface area contributed by atoms with E-state index in [-0.39, 0.29) is 12.1 Å². The highest BCUT2D eigenvalue weighted by Gasteiger charge is 2.29. The van der Waals surface area contributed by atoms with Gasteiger partial charge in [-0.25, -0.2) is 9.59 Å². The van der Waals surface area contributed by atoms with Gasteiger partial charge in [0.15, 0.2) is 0 Å². The van der Waals surface area contributed by atoms with Crippen molar-refractivity contribution < 1.29 is 14.3 Å². The highest BCUT2D eigenvalue weighted by Crippen LogP contribution is 2.12. The van der Waals surface area contributed by atoms with Crippen LogP contribution in [0.25, 0.3) is 0 Å². The molecule has 1 fully saturated rings. The highest BCUT2D eigenvalue weighted by atomic mass is 16.6. The molecule has 3 amide bonds. The van der Waals surface area contributed by atoms with E-state index in [9.17, 15) is 9.59 Å². The molecule has 18 heavy (non-hydrogen) atoms. The molecule has 0 aromatic heterocycles. The second-order valence-corrected chi connectivity index (χ2v) is 5.75. The third-order valence-corrected chi connectivity index (χ3v) is 2.56. The molecule has 0 saturated carbocycles. The molecule has 0 aromatic rings. The van der Waals surface area contributed by atoms with Gasteiger partial charge in [0.05, 0.1) is 6.04 Å². The summed E-state index contributed by atoms with van der Waals surface area (Å²) in [4.78, 5) is 26.6. The number of hydrogen-bond donors (Lipinski definition) is 1. The summed E-state index contributed by atoms with van der Waals surface area (Å²) < 4.78 is 5.18. The Labute approximate surface area is 108 Å². The number of rotatable bonds is 1. The summed E-state index contributed by atoms with van der Waals surface area (Å²) in [5.41, 5.74) is -0.498. The van der Waals surface area contributed by atoms with Crippen molar-refractivity contribution in [1.82, 2.24) is 15.1 Å². The summed E-state index contributed by atoms with van der Waals surface area (Å²) in [6.07, 6.45) is 0.338. The van der Waals surface area contributed by atoms with E-state index in [0.29, 0.717) is 13.1 Å². The first-order valence-corrected chi connectivity index (χ1v) is 6.15. The van der Waals surface area contributed by atoms with E-state index in [1.54, 1.807) is 19.0 Å². The minimum Gasteiger partial charge on any atom is -0.444 e. The molecular weight excluding hydrogens is 234 g/mol. The SMILES string of the molecule is CN(C)C(=O)N1CC[C@H](NC(=O)OC(C)(C)C)C1. The Kier molecular flexibility index (Phi) is 4.43. The van der Waals surface area contributed by atoms with Gasteiger partial charge >= 0.3 is 12.1 Å². The first kappa shape index (κ1) is 14.6. The summed E-state index contributed by atoms with van der Waals surface area (Å²) in [5.74, 6) is 0. The smallest absolute Gasteiger partial charge is 0.407 e. The summed E-state index contributed by atoms with van der Waals surface area (Å²) >= 11 is 0. The van der Waals surface area contributed by atoms with Crippen LogP contribution in [-0.4, -0.2) is 60.8 Å². The molecule has 0 aliphatic carbocycles. The number of alkyl carbamates (subject to hydrolysis) is 1. The van der Waals surface area contributed by atoms with Crippen molar-refractivity contribution in [2.24, 2.45) is 0 Å². The van der Waals surface area contributed by atoms with Crippen LogP contribution in [0, 0.1) is 0 Å². The van der Waals surface area contributed by atoms with Crippen molar-refractivity contribution in [3.8, 4) is 0 Å². The predicted octanol–water partition coefficient (Wildman–Crippen LogP) is 1.27. The number of hydrogen-bond acceptors (Lipinski definition) is 3. The van der Waals surface area contributed by atoms with Crippen LogP contribution in [0.1, 0.15) is 27.2 Å². The lowest BCUT2D eigenvalue weighted by Gasteiger charge is -2.23. The molecule has 104 valence electrons. The quantitative estimate of drug-likeness (QED) is 0.769. The predicted molar refractivity (Wildman–Crippen MR) is 68.4 cm³/mol. The van der Waals surface area contributed by atoms with Crippen molar-refractivity contribution in [2.45, 2.75) is 38.8 Å². The van der Waals surface area contributed by atoms with Crippen molar-refractivity contribution in [3.63, 3.8) is 0 Å². The molecule has 1 rings (SSSR count). The van der Waals surface area contributed by atoms with Crippen LogP contribution in [0.3, 0.4) is 0 Å². The molecule has 1 saturated heterocycles. The monoisotopic (exact) mass is 257 g/mol. The van der Waals surface area contributed by atoms with E-state index in [4.69, 9.17) is 4.74 Å². The van der Waals surface area contributed by atoms with E-state index in [1.807, 2.05) is 20.8 Å². The standard InChI is InChI=1S/C12H23N3O3/c1-12(2,3)18-10(16)13-9-6-7-15(8-9)11(17)14(4)5/h9H,6-8H2,1-5H3,(H,13,16)/t9-/m0/s1. The number of carbonyl (C=O) groups is 2. The Morgan fingerprint density at radius 2 is 1.94 bits per heavy atom. The lowest BCUT2D eigenvalue weighted by Crippen LogP contribution is -2.43. The molecule has 1 aliphatic heterocycles. The zero-order chi connectivity index (χ0) is 13.9. The largest absolute Gasteiger partial charge is 0.444 e. The van der Waals surface area contributed by atoms with Crippen molar-refractivity contribution >= 4 is 12.1 Å². The highest BCUT2D eigenvalue weighted by molar-refractivity contribution is 5.74. The zero-order valence-electron chi connectivity index (χ0n) is 11.8. The van der Waals surface area contributed by atoms with Gasteiger partial charge in [0.25, 0.3) is 0 Å². The van der Waals surface area contributed by atoms with Crippen molar-refractivity contribution in [3.05, 3.63) is 0 Å². The van der Waals surface area contributed by atoms with Gasteiger partial charge in [-0.1, -0.05) is 0 Å². The van der Waals surface area contributed by atoms with Crippen molar-refractivity contribution in [2.75, 3.05) is 27.2 Å². The average Bonchev–Trinajstić information content (AvgIpc) is 2.61. The van der Waals surface area contributed by atoms with E-state index >= 15 is 0 Å². The lowest BCUT2D eigenvalue weighted by atomic mass is 10.2. The molecule has 1 atom stereocenters. The van der Waals surface area contributed by atoms with E-state index in [1.165, 1.54) is 4.90 Å². The molecule has 6 heteroatoms. The topological polar surface area (TPSA) is 61.9 Å². The Hall–Kier alpha value is -1.46. The Bertz CT molecular complexity index is 323. The lowest BCUT2D eigenvalue weighted by molar-refractivity contribution is 0.0506. The summed E-state index contributed by atoms with van der Waals surface area (Å²) in [6.45, 7) is 6.67. The van der Waals surface area contributed by atoms with Gasteiger partial charge < -0.3 is 19.9 Å². The third kappa shape index (κ3) is 4.43. The van der Waals surface area contributed by atoms with Gasteiger partial charge in [-0.2, -0.15) is 0 Å². The van der Waals surface area contributed by atoms with Crippen molar-refractivity contribution in [1.29, 1.82) is 0 Å². The van der Waals surface area contributed by atoms with E-state index in [2.05, 4.69) is 5.32 Å². The Morgan fingerprint density at radius 3 is 2.44 bits per heavy atom. The van der Waals surface area contributed by atoms with Gasteiger partial charge in [0, 0.05) is 27.2 Å². The van der Waals surface area contributed by atoms with Crippen LogP contribution in [-0.2, 0) is 4.74 Å². The Balaban J connectivity index is 2.39. The van der Waals surface area contributed by atoms with Gasteiger partial charge in [0.2, 0.25) is 0 Å². The van der Waals surface area contributed by atoms with Crippen LogP contribution in [0.5, 0.6) is 0 Å². The normalized spacial score (nSPS) is 19.6. The Morgan fingerprint density at radius 1 is 1.33 bits per heavy atom. The molecule has 6 nitrogen and oxygen atoms in total. The number of nitrogens with zero attached hydrogens (tertiary/aromatic N) is 2. The van der Waals surface area contributed by atoms with Crippen LogP contribution < -0.4 is 5.32 Å². The zero-order valence-corrected chi connectivity index (χ0v) is 11.8. The fraction of sp³-hybridized carbons (Fsp3) is 0.833. The number of ether oxygens (including phenoxy) is 1. The number of nitrogens with one attached hydrogen (secondary N) is 1. The number of carbonyl (C=O) groups excluding carboxylic acids is 2. The van der Waals surface area contributed by atoms with Crippen LogP contribution in [0.15, 0.2) is 0 Å². The molecule has 0 bridgehead atoms.